The zero-order valence-corrected chi connectivity index (χ0v) is 19.1. The van der Waals surface area contributed by atoms with Gasteiger partial charge in [0.15, 0.2) is 5.82 Å². The molecule has 0 spiro atoms. The fourth-order valence-corrected chi connectivity index (χ4v) is 5.18. The number of hydrogen-bond donors (Lipinski definition) is 4. The first-order valence-electron chi connectivity index (χ1n) is 11.4. The van der Waals surface area contributed by atoms with Gasteiger partial charge in [0.2, 0.25) is 0 Å². The van der Waals surface area contributed by atoms with Crippen molar-refractivity contribution in [2.75, 3.05) is 18.1 Å². The Hall–Kier alpha value is -3.51. The van der Waals surface area contributed by atoms with Gasteiger partial charge in [0.05, 0.1) is 30.7 Å². The summed E-state index contributed by atoms with van der Waals surface area (Å²) < 4.78 is 37.0. The number of aliphatic hydroxyl groups is 3. The van der Waals surface area contributed by atoms with Crippen molar-refractivity contribution >= 4 is 27.5 Å². The van der Waals surface area contributed by atoms with Gasteiger partial charge in [0.25, 0.3) is 0 Å². The third-order valence-corrected chi connectivity index (χ3v) is 6.91. The SMILES string of the molecule is Cc1nc2c3cnc(c(F)c3n1)-c1cc(O)cc3ccc(F)c(c13)COC[C@@H]1[C@@H](O)[C@H](O)[C@@H](O)CN21. The Bertz CT molecular complexity index is 1530. The summed E-state index contributed by atoms with van der Waals surface area (Å²) in [6, 6.07) is 4.56. The van der Waals surface area contributed by atoms with E-state index in [-0.39, 0.29) is 64.9 Å². The zero-order valence-electron chi connectivity index (χ0n) is 19.1. The lowest BCUT2D eigenvalue weighted by atomic mass is 9.94. The number of fused-ring (bicyclic) bond motifs is 3. The van der Waals surface area contributed by atoms with Crippen LogP contribution >= 0.6 is 0 Å². The number of aromatic hydroxyl groups is 1. The van der Waals surface area contributed by atoms with E-state index in [4.69, 9.17) is 4.74 Å². The summed E-state index contributed by atoms with van der Waals surface area (Å²) in [6.07, 6.45) is -2.83. The fraction of sp³-hybridized carbons (Fsp3) is 0.320. The Morgan fingerprint density at radius 2 is 1.89 bits per heavy atom. The lowest BCUT2D eigenvalue weighted by Crippen LogP contribution is -2.63. The largest absolute Gasteiger partial charge is 0.508 e. The summed E-state index contributed by atoms with van der Waals surface area (Å²) in [4.78, 5) is 14.6. The number of piperidine rings is 1. The van der Waals surface area contributed by atoms with Gasteiger partial charge in [-0.25, -0.2) is 18.7 Å². The van der Waals surface area contributed by atoms with Crippen molar-refractivity contribution in [1.29, 1.82) is 0 Å². The van der Waals surface area contributed by atoms with E-state index in [0.717, 1.165) is 0 Å². The van der Waals surface area contributed by atoms with Crippen molar-refractivity contribution in [3.05, 3.63) is 53.5 Å². The van der Waals surface area contributed by atoms with E-state index in [0.29, 0.717) is 10.8 Å². The Morgan fingerprint density at radius 3 is 2.69 bits per heavy atom. The third kappa shape index (κ3) is 3.39. The van der Waals surface area contributed by atoms with Gasteiger partial charge < -0.3 is 30.1 Å². The maximum Gasteiger partial charge on any atom is 0.175 e. The number of aryl methyl sites for hydroxylation is 1. The molecular formula is C25H22F2N4O5. The molecule has 0 unspecified atom stereocenters. The van der Waals surface area contributed by atoms with E-state index >= 15 is 8.78 Å². The molecule has 2 aromatic heterocycles. The standard InChI is InChI=1S/C25H22F2N4O5/c1-10-29-22-14-6-28-21(20(22)27)13-5-12(32)4-11-2-3-16(26)15(19(11)13)8-36-9-17-23(34)24(35)18(33)7-31(17)25(14)30-10/h2-6,17-18,23-24,32-35H,7-9H2,1H3/t17-,18+,23-,24-/m1/s1. The van der Waals surface area contributed by atoms with Crippen molar-refractivity contribution in [3.8, 4) is 17.0 Å². The zero-order chi connectivity index (χ0) is 25.3. The maximum absolute atomic E-state index is 16.1. The Labute approximate surface area is 203 Å². The van der Waals surface area contributed by atoms with Gasteiger partial charge in [-0.3, -0.25) is 4.98 Å². The van der Waals surface area contributed by atoms with Crippen molar-refractivity contribution in [1.82, 2.24) is 15.0 Å². The summed E-state index contributed by atoms with van der Waals surface area (Å²) >= 11 is 0. The van der Waals surface area contributed by atoms with E-state index < -0.39 is 36.0 Å². The van der Waals surface area contributed by atoms with Crippen LogP contribution in [0.5, 0.6) is 5.75 Å². The number of phenols is 1. The smallest absolute Gasteiger partial charge is 0.175 e. The number of pyridine rings is 1. The predicted molar refractivity (Wildman–Crippen MR) is 125 cm³/mol. The highest BCUT2D eigenvalue weighted by Crippen LogP contribution is 2.40. The van der Waals surface area contributed by atoms with Crippen LogP contribution in [0.15, 0.2) is 30.5 Å². The molecular weight excluding hydrogens is 474 g/mol. The van der Waals surface area contributed by atoms with Crippen molar-refractivity contribution in [2.45, 2.75) is 37.9 Å². The van der Waals surface area contributed by atoms with Crippen LogP contribution in [0.2, 0.25) is 0 Å². The number of benzene rings is 2. The van der Waals surface area contributed by atoms with Crippen LogP contribution in [0.1, 0.15) is 11.4 Å². The van der Waals surface area contributed by atoms with Crippen LogP contribution in [-0.4, -0.2) is 72.9 Å². The molecule has 4 aromatic rings. The van der Waals surface area contributed by atoms with Gasteiger partial charge >= 0.3 is 0 Å². The minimum atomic E-state index is -1.45. The Balaban J connectivity index is 1.70. The number of hydrogen-bond acceptors (Lipinski definition) is 9. The first kappa shape index (κ1) is 22.9. The second-order valence-corrected chi connectivity index (χ2v) is 9.18. The molecule has 3 aliphatic rings. The summed E-state index contributed by atoms with van der Waals surface area (Å²) in [6.45, 7) is 1.05. The van der Waals surface area contributed by atoms with Crippen LogP contribution in [0.3, 0.4) is 0 Å². The highest BCUT2D eigenvalue weighted by atomic mass is 19.1. The number of aromatic nitrogens is 3. The van der Waals surface area contributed by atoms with Gasteiger partial charge in [-0.2, -0.15) is 0 Å². The number of rotatable bonds is 0. The van der Waals surface area contributed by atoms with Crippen LogP contribution in [0.4, 0.5) is 14.6 Å². The highest BCUT2D eigenvalue weighted by molar-refractivity contribution is 6.01. The molecule has 186 valence electrons. The first-order valence-corrected chi connectivity index (χ1v) is 11.4. The quantitative estimate of drug-likeness (QED) is 0.288. The lowest BCUT2D eigenvalue weighted by Gasteiger charge is -2.44. The summed E-state index contributed by atoms with van der Waals surface area (Å²) in [5, 5.41) is 42.9. The first-order chi connectivity index (χ1) is 17.2. The van der Waals surface area contributed by atoms with E-state index in [1.165, 1.54) is 35.4 Å². The molecule has 0 saturated carbocycles. The van der Waals surface area contributed by atoms with Gasteiger partial charge in [0, 0.05) is 23.9 Å². The molecule has 0 amide bonds. The minimum Gasteiger partial charge on any atom is -0.508 e. The van der Waals surface area contributed by atoms with E-state index in [1.807, 2.05) is 0 Å². The molecule has 5 heterocycles. The molecule has 7 rings (SSSR count). The lowest BCUT2D eigenvalue weighted by molar-refractivity contribution is -0.0957. The molecule has 3 aliphatic heterocycles. The molecule has 4 atom stereocenters. The average molecular weight is 496 g/mol. The summed E-state index contributed by atoms with van der Waals surface area (Å²) in [7, 11) is 0. The molecule has 9 nitrogen and oxygen atoms in total. The molecule has 4 bridgehead atoms. The van der Waals surface area contributed by atoms with Gasteiger partial charge in [-0.05, 0) is 35.9 Å². The van der Waals surface area contributed by atoms with Crippen molar-refractivity contribution in [2.24, 2.45) is 0 Å². The number of aliphatic hydroxyl groups excluding tert-OH is 3. The molecule has 1 fully saturated rings. The van der Waals surface area contributed by atoms with E-state index in [2.05, 4.69) is 15.0 Å². The molecule has 4 N–H and O–H groups in total. The fourth-order valence-electron chi connectivity index (χ4n) is 5.18. The molecule has 0 radical (unpaired) electrons. The number of anilines is 1. The number of phenolic OH excluding ortho intramolecular Hbond substituents is 1. The Morgan fingerprint density at radius 1 is 1.08 bits per heavy atom. The molecule has 36 heavy (non-hydrogen) atoms. The van der Waals surface area contributed by atoms with Gasteiger partial charge in [-0.1, -0.05) is 6.07 Å². The molecule has 2 aromatic carbocycles. The highest BCUT2D eigenvalue weighted by Gasteiger charge is 2.43. The molecule has 0 aliphatic carbocycles. The second kappa shape index (κ2) is 8.27. The number of ether oxygens (including phenoxy) is 1. The second-order valence-electron chi connectivity index (χ2n) is 9.18. The van der Waals surface area contributed by atoms with E-state index in [9.17, 15) is 20.4 Å². The minimum absolute atomic E-state index is 0.0639. The van der Waals surface area contributed by atoms with Crippen LogP contribution in [0, 0.1) is 18.6 Å². The van der Waals surface area contributed by atoms with Gasteiger partial charge in [0.1, 0.15) is 46.6 Å². The van der Waals surface area contributed by atoms with Crippen molar-refractivity contribution in [3.63, 3.8) is 0 Å². The van der Waals surface area contributed by atoms with E-state index in [1.54, 1.807) is 6.92 Å². The van der Waals surface area contributed by atoms with Crippen LogP contribution in [0.25, 0.3) is 32.9 Å². The van der Waals surface area contributed by atoms with Gasteiger partial charge in [-0.15, -0.1) is 0 Å². The Kier molecular flexibility index (Phi) is 5.27. The average Bonchev–Trinajstić information content (AvgIpc) is 2.85. The number of halogens is 2. The topological polar surface area (TPSA) is 132 Å². The normalized spacial score (nSPS) is 24.0. The summed E-state index contributed by atoms with van der Waals surface area (Å²) in [5.74, 6) is -1.11. The predicted octanol–water partition coefficient (Wildman–Crippen LogP) is 1.94. The molecule has 11 heteroatoms. The summed E-state index contributed by atoms with van der Waals surface area (Å²) in [5.41, 5.74) is 0.0906. The van der Waals surface area contributed by atoms with Crippen LogP contribution < -0.4 is 4.90 Å². The maximum atomic E-state index is 16.1. The molecule has 1 saturated heterocycles. The third-order valence-electron chi connectivity index (χ3n) is 6.91. The van der Waals surface area contributed by atoms with Crippen molar-refractivity contribution < 1.29 is 33.9 Å². The number of nitrogens with zero attached hydrogens (tertiary/aromatic N) is 4. The monoisotopic (exact) mass is 496 g/mol. The van der Waals surface area contributed by atoms with Crippen LogP contribution in [-0.2, 0) is 11.3 Å².